The molecule has 0 unspecified atom stereocenters. The Kier molecular flexibility index (Phi) is 5.86. The summed E-state index contributed by atoms with van der Waals surface area (Å²) in [5.74, 6) is 0.205. The molecule has 2 saturated heterocycles. The molecule has 5 nitrogen and oxygen atoms in total. The lowest BCUT2D eigenvalue weighted by atomic mass is 9.91. The normalized spacial score (nSPS) is 28.3. The van der Waals surface area contributed by atoms with Crippen molar-refractivity contribution < 1.29 is 4.79 Å². The average Bonchev–Trinajstić information content (AvgIpc) is 2.83. The summed E-state index contributed by atoms with van der Waals surface area (Å²) in [4.78, 5) is 19.6. The Hall–Kier alpha value is -0.650. The maximum atomic E-state index is 12.4. The van der Waals surface area contributed by atoms with Crippen LogP contribution in [-0.2, 0) is 4.79 Å². The van der Waals surface area contributed by atoms with Crippen LogP contribution in [0.4, 0.5) is 0 Å². The maximum Gasteiger partial charge on any atom is 0.229 e. The van der Waals surface area contributed by atoms with Gasteiger partial charge in [-0.15, -0.1) is 0 Å². The van der Waals surface area contributed by atoms with Gasteiger partial charge in [0.1, 0.15) is 0 Å². The molecule has 2 fully saturated rings. The highest BCUT2D eigenvalue weighted by molar-refractivity contribution is 5.82. The highest BCUT2D eigenvalue weighted by Gasteiger charge is 2.33. The summed E-state index contributed by atoms with van der Waals surface area (Å²) in [5, 5.41) is 0. The number of likely N-dealkylation sites (tertiary alicyclic amines) is 1. The zero-order valence-corrected chi connectivity index (χ0v) is 14.8. The van der Waals surface area contributed by atoms with Crippen molar-refractivity contribution in [3.8, 4) is 0 Å². The van der Waals surface area contributed by atoms with E-state index in [-0.39, 0.29) is 5.91 Å². The molecule has 1 amide bonds. The lowest BCUT2D eigenvalue weighted by molar-refractivity contribution is -0.141. The molecular formula is C17H34N4O. The van der Waals surface area contributed by atoms with Crippen LogP contribution in [0.1, 0.15) is 40.5 Å². The van der Waals surface area contributed by atoms with E-state index < -0.39 is 5.41 Å². The van der Waals surface area contributed by atoms with E-state index in [1.165, 1.54) is 12.8 Å². The van der Waals surface area contributed by atoms with Gasteiger partial charge in [-0.25, -0.2) is 0 Å². The molecule has 2 aliphatic rings. The van der Waals surface area contributed by atoms with Gasteiger partial charge in [-0.05, 0) is 40.5 Å². The fourth-order valence-corrected chi connectivity index (χ4v) is 3.64. The van der Waals surface area contributed by atoms with Crippen molar-refractivity contribution in [3.05, 3.63) is 0 Å². The predicted molar refractivity (Wildman–Crippen MR) is 90.7 cm³/mol. The second-order valence-electron chi connectivity index (χ2n) is 7.74. The van der Waals surface area contributed by atoms with Crippen molar-refractivity contribution in [2.75, 3.05) is 45.8 Å². The molecule has 0 spiro atoms. The Morgan fingerprint density at radius 2 is 1.59 bits per heavy atom. The lowest BCUT2D eigenvalue weighted by Gasteiger charge is -2.39. The molecule has 22 heavy (non-hydrogen) atoms. The summed E-state index contributed by atoms with van der Waals surface area (Å²) in [5.41, 5.74) is 5.29. The first-order chi connectivity index (χ1) is 10.3. The number of carbonyl (C=O) groups is 1. The van der Waals surface area contributed by atoms with Gasteiger partial charge >= 0.3 is 0 Å². The van der Waals surface area contributed by atoms with Crippen molar-refractivity contribution in [2.24, 2.45) is 11.1 Å². The summed E-state index contributed by atoms with van der Waals surface area (Å²) < 4.78 is 0. The molecule has 0 aromatic rings. The first-order valence-corrected chi connectivity index (χ1v) is 8.82. The van der Waals surface area contributed by atoms with Gasteiger partial charge in [0.2, 0.25) is 5.91 Å². The van der Waals surface area contributed by atoms with E-state index in [2.05, 4.69) is 23.6 Å². The number of hydrogen-bond acceptors (Lipinski definition) is 4. The fraction of sp³-hybridized carbons (Fsp3) is 0.941. The predicted octanol–water partition coefficient (Wildman–Crippen LogP) is 0.988. The average molecular weight is 310 g/mol. The molecule has 0 bridgehead atoms. The summed E-state index contributed by atoms with van der Waals surface area (Å²) in [6.07, 6.45) is 2.66. The number of rotatable bonds is 5. The lowest BCUT2D eigenvalue weighted by Crippen LogP contribution is -2.54. The van der Waals surface area contributed by atoms with Crippen molar-refractivity contribution in [3.63, 3.8) is 0 Å². The third-order valence-corrected chi connectivity index (χ3v) is 5.56. The standard InChI is InChI=1S/C17H34N4O/c1-14-5-6-15(2)21(14)12-9-19-7-10-20(11-8-19)16(22)17(3,4)13-18/h14-15H,5-13,18H2,1-4H3/t14-,15+. The van der Waals surface area contributed by atoms with Gasteiger partial charge < -0.3 is 10.6 Å². The molecule has 0 saturated carbocycles. The topological polar surface area (TPSA) is 52.8 Å². The quantitative estimate of drug-likeness (QED) is 0.823. The SMILES string of the molecule is C[C@@H]1CC[C@H](C)N1CCN1CCN(C(=O)C(C)(C)CN)CC1. The van der Waals surface area contributed by atoms with Crippen LogP contribution in [0.25, 0.3) is 0 Å². The minimum Gasteiger partial charge on any atom is -0.340 e. The molecule has 2 rings (SSSR count). The van der Waals surface area contributed by atoms with Crippen molar-refractivity contribution in [2.45, 2.75) is 52.6 Å². The van der Waals surface area contributed by atoms with Gasteiger partial charge in [0, 0.05) is 57.9 Å². The van der Waals surface area contributed by atoms with Crippen LogP contribution in [0.5, 0.6) is 0 Å². The largest absolute Gasteiger partial charge is 0.340 e. The van der Waals surface area contributed by atoms with Gasteiger partial charge in [0.15, 0.2) is 0 Å². The van der Waals surface area contributed by atoms with Crippen LogP contribution in [0.3, 0.4) is 0 Å². The molecule has 0 radical (unpaired) electrons. The first kappa shape index (κ1) is 17.7. The number of hydrogen-bond donors (Lipinski definition) is 1. The van der Waals surface area contributed by atoms with Gasteiger partial charge in [-0.2, -0.15) is 0 Å². The smallest absolute Gasteiger partial charge is 0.229 e. The van der Waals surface area contributed by atoms with Crippen LogP contribution in [0.2, 0.25) is 0 Å². The molecule has 2 N–H and O–H groups in total. The van der Waals surface area contributed by atoms with Crippen LogP contribution < -0.4 is 5.73 Å². The minimum absolute atomic E-state index is 0.205. The third-order valence-electron chi connectivity index (χ3n) is 5.56. The van der Waals surface area contributed by atoms with E-state index >= 15 is 0 Å². The van der Waals surface area contributed by atoms with Crippen LogP contribution in [-0.4, -0.2) is 78.5 Å². The number of amides is 1. The number of nitrogens with zero attached hydrogens (tertiary/aromatic N) is 3. The van der Waals surface area contributed by atoms with Crippen molar-refractivity contribution >= 4 is 5.91 Å². The molecule has 0 aromatic heterocycles. The molecular weight excluding hydrogens is 276 g/mol. The van der Waals surface area contributed by atoms with Crippen molar-refractivity contribution in [1.29, 1.82) is 0 Å². The van der Waals surface area contributed by atoms with Gasteiger partial charge in [-0.3, -0.25) is 14.6 Å². The summed E-state index contributed by atoms with van der Waals surface area (Å²) in [7, 11) is 0. The second kappa shape index (κ2) is 7.28. The molecule has 0 aliphatic carbocycles. The maximum absolute atomic E-state index is 12.4. The van der Waals surface area contributed by atoms with Gasteiger partial charge in [0.05, 0.1) is 5.41 Å². The molecule has 2 atom stereocenters. The Balaban J connectivity index is 1.74. The van der Waals surface area contributed by atoms with E-state index in [4.69, 9.17) is 5.73 Å². The Bertz CT molecular complexity index is 367. The Labute approximate surface area is 135 Å². The molecule has 2 aliphatic heterocycles. The molecule has 2 heterocycles. The summed E-state index contributed by atoms with van der Waals surface area (Å²) in [6.45, 7) is 14.9. The minimum atomic E-state index is -0.428. The first-order valence-electron chi connectivity index (χ1n) is 8.82. The van der Waals surface area contributed by atoms with E-state index in [0.717, 1.165) is 51.4 Å². The van der Waals surface area contributed by atoms with Crippen LogP contribution >= 0.6 is 0 Å². The Morgan fingerprint density at radius 1 is 1.05 bits per heavy atom. The molecule has 5 heteroatoms. The van der Waals surface area contributed by atoms with E-state index in [1.54, 1.807) is 0 Å². The van der Waals surface area contributed by atoms with Gasteiger partial charge in [-0.1, -0.05) is 0 Å². The second-order valence-corrected chi connectivity index (χ2v) is 7.74. The highest BCUT2D eigenvalue weighted by Crippen LogP contribution is 2.23. The number of nitrogens with two attached hydrogens (primary N) is 1. The van der Waals surface area contributed by atoms with E-state index in [0.29, 0.717) is 6.54 Å². The van der Waals surface area contributed by atoms with Crippen LogP contribution in [0.15, 0.2) is 0 Å². The highest BCUT2D eigenvalue weighted by atomic mass is 16.2. The van der Waals surface area contributed by atoms with Gasteiger partial charge in [0.25, 0.3) is 0 Å². The van der Waals surface area contributed by atoms with E-state index in [1.807, 2.05) is 18.7 Å². The fourth-order valence-electron chi connectivity index (χ4n) is 3.64. The number of carbonyl (C=O) groups excluding carboxylic acids is 1. The number of piperazine rings is 1. The Morgan fingerprint density at radius 3 is 2.09 bits per heavy atom. The van der Waals surface area contributed by atoms with Crippen molar-refractivity contribution in [1.82, 2.24) is 14.7 Å². The van der Waals surface area contributed by atoms with E-state index in [9.17, 15) is 4.79 Å². The zero-order chi connectivity index (χ0) is 16.3. The van der Waals surface area contributed by atoms with Crippen LogP contribution in [0, 0.1) is 5.41 Å². The third kappa shape index (κ3) is 4.00. The molecule has 0 aromatic carbocycles. The summed E-state index contributed by atoms with van der Waals surface area (Å²) >= 11 is 0. The monoisotopic (exact) mass is 310 g/mol. The molecule has 128 valence electrons. The summed E-state index contributed by atoms with van der Waals surface area (Å²) in [6, 6.07) is 1.45. The zero-order valence-electron chi connectivity index (χ0n) is 14.8.